The van der Waals surface area contributed by atoms with Gasteiger partial charge in [0.2, 0.25) is 0 Å². The summed E-state index contributed by atoms with van der Waals surface area (Å²) in [6.07, 6.45) is 2.75. The SMILES string of the molecule is O=C(NCCNC(=O)c1ccccc1O)c1ccoc1. The fraction of sp³-hybridized carbons (Fsp3) is 0.143. The molecular formula is C14H14N2O4. The normalized spacial score (nSPS) is 10.0. The molecule has 2 aromatic rings. The first kappa shape index (κ1) is 13.7. The van der Waals surface area contributed by atoms with E-state index in [1.807, 2.05) is 0 Å². The quantitative estimate of drug-likeness (QED) is 0.713. The Morgan fingerprint density at radius 2 is 1.75 bits per heavy atom. The van der Waals surface area contributed by atoms with E-state index in [-0.39, 0.29) is 36.2 Å². The van der Waals surface area contributed by atoms with Gasteiger partial charge in [-0.2, -0.15) is 0 Å². The van der Waals surface area contributed by atoms with Gasteiger partial charge < -0.3 is 20.2 Å². The van der Waals surface area contributed by atoms with Crippen molar-refractivity contribution in [3.63, 3.8) is 0 Å². The average molecular weight is 274 g/mol. The van der Waals surface area contributed by atoms with E-state index in [9.17, 15) is 14.7 Å². The summed E-state index contributed by atoms with van der Waals surface area (Å²) in [6, 6.07) is 7.81. The number of carbonyl (C=O) groups excluding carboxylic acids is 2. The molecule has 0 aliphatic heterocycles. The lowest BCUT2D eigenvalue weighted by atomic mass is 10.2. The lowest BCUT2D eigenvalue weighted by molar-refractivity contribution is 0.0925. The molecule has 2 amide bonds. The van der Waals surface area contributed by atoms with Gasteiger partial charge in [-0.1, -0.05) is 12.1 Å². The molecule has 6 nitrogen and oxygen atoms in total. The Morgan fingerprint density at radius 3 is 2.40 bits per heavy atom. The Morgan fingerprint density at radius 1 is 1.05 bits per heavy atom. The molecule has 0 saturated carbocycles. The van der Waals surface area contributed by atoms with E-state index in [1.165, 1.54) is 24.7 Å². The summed E-state index contributed by atoms with van der Waals surface area (Å²) in [5, 5.41) is 14.7. The van der Waals surface area contributed by atoms with Gasteiger partial charge >= 0.3 is 0 Å². The first-order chi connectivity index (χ1) is 9.68. The summed E-state index contributed by atoms with van der Waals surface area (Å²) in [5.41, 5.74) is 0.630. The number of carbonyl (C=O) groups is 2. The van der Waals surface area contributed by atoms with Crippen molar-refractivity contribution in [1.29, 1.82) is 0 Å². The zero-order valence-electron chi connectivity index (χ0n) is 10.6. The van der Waals surface area contributed by atoms with Crippen LogP contribution in [0, 0.1) is 0 Å². The number of aromatic hydroxyl groups is 1. The monoisotopic (exact) mass is 274 g/mol. The Balaban J connectivity index is 1.75. The van der Waals surface area contributed by atoms with Crippen molar-refractivity contribution in [1.82, 2.24) is 10.6 Å². The number of furan rings is 1. The highest BCUT2D eigenvalue weighted by Gasteiger charge is 2.10. The van der Waals surface area contributed by atoms with Crippen molar-refractivity contribution in [3.8, 4) is 5.75 Å². The zero-order valence-corrected chi connectivity index (χ0v) is 10.6. The summed E-state index contributed by atoms with van der Waals surface area (Å²) >= 11 is 0. The molecule has 0 spiro atoms. The topological polar surface area (TPSA) is 91.6 Å². The molecule has 0 saturated heterocycles. The minimum atomic E-state index is -0.388. The Hall–Kier alpha value is -2.76. The molecule has 0 radical (unpaired) electrons. The molecule has 2 rings (SSSR count). The van der Waals surface area contributed by atoms with Crippen LogP contribution in [0.15, 0.2) is 47.3 Å². The Labute approximate surface area is 115 Å². The van der Waals surface area contributed by atoms with Gasteiger partial charge in [-0.3, -0.25) is 9.59 Å². The first-order valence-electron chi connectivity index (χ1n) is 6.05. The maximum absolute atomic E-state index is 11.7. The van der Waals surface area contributed by atoms with Crippen LogP contribution >= 0.6 is 0 Å². The molecule has 0 bridgehead atoms. The Kier molecular flexibility index (Phi) is 4.39. The molecule has 104 valence electrons. The van der Waals surface area contributed by atoms with Crippen LogP contribution in [0.25, 0.3) is 0 Å². The maximum Gasteiger partial charge on any atom is 0.255 e. The van der Waals surface area contributed by atoms with Gasteiger partial charge in [0.15, 0.2) is 0 Å². The van der Waals surface area contributed by atoms with Gasteiger partial charge in [-0.25, -0.2) is 0 Å². The van der Waals surface area contributed by atoms with Crippen molar-refractivity contribution < 1.29 is 19.1 Å². The van der Waals surface area contributed by atoms with Crippen LogP contribution in [0.4, 0.5) is 0 Å². The number of phenols is 1. The molecule has 1 aromatic heterocycles. The largest absolute Gasteiger partial charge is 0.507 e. The number of para-hydroxylation sites is 1. The van der Waals surface area contributed by atoms with Crippen molar-refractivity contribution >= 4 is 11.8 Å². The molecule has 1 heterocycles. The number of rotatable bonds is 5. The van der Waals surface area contributed by atoms with E-state index in [2.05, 4.69) is 10.6 Å². The average Bonchev–Trinajstić information content (AvgIpc) is 2.98. The van der Waals surface area contributed by atoms with Gasteiger partial charge in [0, 0.05) is 13.1 Å². The molecule has 0 aliphatic rings. The van der Waals surface area contributed by atoms with Crippen LogP contribution in [0.2, 0.25) is 0 Å². The molecule has 0 aliphatic carbocycles. The van der Waals surface area contributed by atoms with E-state index in [0.29, 0.717) is 5.56 Å². The zero-order chi connectivity index (χ0) is 14.4. The molecule has 1 aromatic carbocycles. The summed E-state index contributed by atoms with van der Waals surface area (Å²) in [4.78, 5) is 23.3. The number of hydrogen-bond donors (Lipinski definition) is 3. The van der Waals surface area contributed by atoms with Crippen molar-refractivity contribution in [2.45, 2.75) is 0 Å². The summed E-state index contributed by atoms with van der Waals surface area (Å²) in [5.74, 6) is -0.733. The van der Waals surface area contributed by atoms with E-state index in [1.54, 1.807) is 18.2 Å². The van der Waals surface area contributed by atoms with Gasteiger partial charge in [0.1, 0.15) is 12.0 Å². The van der Waals surface area contributed by atoms with E-state index in [0.717, 1.165) is 0 Å². The molecule has 20 heavy (non-hydrogen) atoms. The van der Waals surface area contributed by atoms with Crippen LogP contribution in [-0.4, -0.2) is 30.0 Å². The first-order valence-corrected chi connectivity index (χ1v) is 6.05. The minimum Gasteiger partial charge on any atom is -0.507 e. The van der Waals surface area contributed by atoms with Gasteiger partial charge in [-0.15, -0.1) is 0 Å². The third-order valence-electron chi connectivity index (χ3n) is 2.63. The fourth-order valence-electron chi connectivity index (χ4n) is 1.61. The van der Waals surface area contributed by atoms with Crippen LogP contribution in [0.5, 0.6) is 5.75 Å². The van der Waals surface area contributed by atoms with Gasteiger partial charge in [0.25, 0.3) is 11.8 Å². The number of phenolic OH excluding ortho intramolecular Hbond substituents is 1. The third kappa shape index (κ3) is 3.38. The van der Waals surface area contributed by atoms with Gasteiger partial charge in [0.05, 0.1) is 17.4 Å². The van der Waals surface area contributed by atoms with Crippen LogP contribution in [-0.2, 0) is 0 Å². The lowest BCUT2D eigenvalue weighted by Crippen LogP contribution is -2.34. The number of nitrogens with one attached hydrogen (secondary N) is 2. The molecule has 0 unspecified atom stereocenters. The second-order valence-corrected chi connectivity index (χ2v) is 4.04. The maximum atomic E-state index is 11.7. The predicted octanol–water partition coefficient (Wildman–Crippen LogP) is 1.14. The molecule has 6 heteroatoms. The minimum absolute atomic E-state index is 0.0765. The number of amides is 2. The second kappa shape index (κ2) is 6.42. The molecule has 0 fully saturated rings. The van der Waals surface area contributed by atoms with Crippen molar-refractivity contribution in [2.75, 3.05) is 13.1 Å². The highest BCUT2D eigenvalue weighted by atomic mass is 16.3. The highest BCUT2D eigenvalue weighted by Crippen LogP contribution is 2.14. The van der Waals surface area contributed by atoms with E-state index < -0.39 is 0 Å². The van der Waals surface area contributed by atoms with E-state index >= 15 is 0 Å². The molecule has 3 N–H and O–H groups in total. The summed E-state index contributed by atoms with van der Waals surface area (Å²) < 4.78 is 4.79. The third-order valence-corrected chi connectivity index (χ3v) is 2.63. The molecular weight excluding hydrogens is 260 g/mol. The van der Waals surface area contributed by atoms with Crippen molar-refractivity contribution in [3.05, 3.63) is 54.0 Å². The summed E-state index contributed by atoms with van der Waals surface area (Å²) in [7, 11) is 0. The second-order valence-electron chi connectivity index (χ2n) is 4.04. The lowest BCUT2D eigenvalue weighted by Gasteiger charge is -2.07. The Bertz CT molecular complexity index is 593. The predicted molar refractivity (Wildman–Crippen MR) is 71.5 cm³/mol. The standard InChI is InChI=1S/C14H14N2O4/c17-12-4-2-1-3-11(12)14(19)16-7-6-15-13(18)10-5-8-20-9-10/h1-5,8-9,17H,6-7H2,(H,15,18)(H,16,19). The highest BCUT2D eigenvalue weighted by molar-refractivity contribution is 5.97. The smallest absolute Gasteiger partial charge is 0.255 e. The molecule has 0 atom stereocenters. The number of hydrogen-bond acceptors (Lipinski definition) is 4. The van der Waals surface area contributed by atoms with Crippen LogP contribution in [0.1, 0.15) is 20.7 Å². The van der Waals surface area contributed by atoms with Gasteiger partial charge in [-0.05, 0) is 18.2 Å². The van der Waals surface area contributed by atoms with Crippen molar-refractivity contribution in [2.24, 2.45) is 0 Å². The van der Waals surface area contributed by atoms with Crippen LogP contribution in [0.3, 0.4) is 0 Å². The fourth-order valence-corrected chi connectivity index (χ4v) is 1.61. The van der Waals surface area contributed by atoms with E-state index in [4.69, 9.17) is 4.42 Å². The number of benzene rings is 1. The van der Waals surface area contributed by atoms with Crippen LogP contribution < -0.4 is 10.6 Å². The summed E-state index contributed by atoms with van der Waals surface area (Å²) in [6.45, 7) is 0.542.